The Hall–Kier alpha value is -1.20. The highest BCUT2D eigenvalue weighted by Gasteiger charge is 2.35. The highest BCUT2D eigenvalue weighted by Crippen LogP contribution is 2.34. The van der Waals surface area contributed by atoms with Gasteiger partial charge in [0.25, 0.3) is 0 Å². The molecule has 4 nitrogen and oxygen atoms in total. The summed E-state index contributed by atoms with van der Waals surface area (Å²) >= 11 is 1.77. The molecule has 1 heterocycles. The Kier molecular flexibility index (Phi) is 4.37. The normalized spacial score (nSPS) is 26.9. The van der Waals surface area contributed by atoms with Crippen molar-refractivity contribution in [2.75, 3.05) is 12.9 Å². The van der Waals surface area contributed by atoms with Crippen LogP contribution in [-0.4, -0.2) is 34.9 Å². The highest BCUT2D eigenvalue weighted by atomic mass is 32.2. The van der Waals surface area contributed by atoms with Crippen molar-refractivity contribution in [3.05, 3.63) is 29.8 Å². The molecular formula is C14H19NO3S. The van der Waals surface area contributed by atoms with Gasteiger partial charge in [0.1, 0.15) is 11.8 Å². The van der Waals surface area contributed by atoms with Crippen molar-refractivity contribution in [2.45, 2.75) is 30.7 Å². The van der Waals surface area contributed by atoms with Gasteiger partial charge in [0, 0.05) is 6.42 Å². The average molecular weight is 281 g/mol. The largest absolute Gasteiger partial charge is 0.496 e. The number of benzene rings is 1. The van der Waals surface area contributed by atoms with Crippen LogP contribution in [0.5, 0.6) is 5.75 Å². The number of hydrogen-bond acceptors (Lipinski definition) is 4. The maximum Gasteiger partial charge on any atom is 0.320 e. The molecule has 1 aromatic rings. The number of carbonyl (C=O) groups is 1. The van der Waals surface area contributed by atoms with Gasteiger partial charge in [-0.2, -0.15) is 0 Å². The van der Waals surface area contributed by atoms with Crippen molar-refractivity contribution in [3.63, 3.8) is 0 Å². The second kappa shape index (κ2) is 5.84. The molecule has 5 heteroatoms. The van der Waals surface area contributed by atoms with E-state index in [1.807, 2.05) is 24.3 Å². The third kappa shape index (κ3) is 3.42. The minimum Gasteiger partial charge on any atom is -0.496 e. The van der Waals surface area contributed by atoms with Crippen molar-refractivity contribution < 1.29 is 14.6 Å². The third-order valence-electron chi connectivity index (χ3n) is 3.33. The summed E-state index contributed by atoms with van der Waals surface area (Å²) in [4.78, 5) is 10.9. The summed E-state index contributed by atoms with van der Waals surface area (Å²) in [5.74, 6) is 0.936. The van der Waals surface area contributed by atoms with Gasteiger partial charge in [0.05, 0.1) is 12.0 Å². The molecule has 0 aliphatic carbocycles. The van der Waals surface area contributed by atoms with Crippen LogP contribution < -0.4 is 10.1 Å². The molecule has 0 radical (unpaired) electrons. The van der Waals surface area contributed by atoms with E-state index in [9.17, 15) is 4.79 Å². The standard InChI is InChI=1S/C14H19NO3S/c1-14(15-11(13(16)17)7-8-19-14)9-10-5-3-4-6-12(10)18-2/h3-6,11,15H,7-9H2,1-2H3,(H,16,17). The fourth-order valence-corrected chi connectivity index (χ4v) is 3.67. The number of carboxylic acid groups (broad SMARTS) is 1. The van der Waals surface area contributed by atoms with Crippen LogP contribution in [0.25, 0.3) is 0 Å². The van der Waals surface area contributed by atoms with Crippen LogP contribution in [0.1, 0.15) is 18.9 Å². The lowest BCUT2D eigenvalue weighted by Crippen LogP contribution is -2.54. The SMILES string of the molecule is COc1ccccc1CC1(C)NC(C(=O)O)CCS1. The number of rotatable bonds is 4. The lowest BCUT2D eigenvalue weighted by molar-refractivity contribution is -0.140. The molecule has 0 aromatic heterocycles. The zero-order valence-corrected chi connectivity index (χ0v) is 12.0. The number of thioether (sulfide) groups is 1. The number of methoxy groups -OCH3 is 1. The molecule has 0 amide bonds. The van der Waals surface area contributed by atoms with E-state index in [0.29, 0.717) is 6.42 Å². The maximum atomic E-state index is 11.1. The summed E-state index contributed by atoms with van der Waals surface area (Å²) in [5.41, 5.74) is 1.10. The Labute approximate surface area is 117 Å². The first-order chi connectivity index (χ1) is 9.04. The van der Waals surface area contributed by atoms with Crippen molar-refractivity contribution in [1.29, 1.82) is 0 Å². The number of nitrogens with one attached hydrogen (secondary N) is 1. The molecule has 1 aromatic carbocycles. The van der Waals surface area contributed by atoms with Crippen molar-refractivity contribution in [2.24, 2.45) is 0 Å². The van der Waals surface area contributed by atoms with Crippen LogP contribution in [0, 0.1) is 0 Å². The second-order valence-electron chi connectivity index (χ2n) is 4.89. The van der Waals surface area contributed by atoms with Crippen LogP contribution in [0.2, 0.25) is 0 Å². The zero-order chi connectivity index (χ0) is 13.9. The monoisotopic (exact) mass is 281 g/mol. The molecule has 1 fully saturated rings. The molecule has 104 valence electrons. The van der Waals surface area contributed by atoms with Gasteiger partial charge >= 0.3 is 5.97 Å². The first-order valence-electron chi connectivity index (χ1n) is 6.30. The molecular weight excluding hydrogens is 262 g/mol. The quantitative estimate of drug-likeness (QED) is 0.885. The van der Waals surface area contributed by atoms with Crippen molar-refractivity contribution in [3.8, 4) is 5.75 Å². The fraction of sp³-hybridized carbons (Fsp3) is 0.500. The minimum atomic E-state index is -0.772. The van der Waals surface area contributed by atoms with Gasteiger partial charge in [0.15, 0.2) is 0 Å². The summed E-state index contributed by atoms with van der Waals surface area (Å²) in [6.45, 7) is 2.05. The Morgan fingerprint density at radius 3 is 3.00 bits per heavy atom. The molecule has 0 bridgehead atoms. The second-order valence-corrected chi connectivity index (χ2v) is 6.49. The van der Waals surface area contributed by atoms with E-state index in [0.717, 1.165) is 23.5 Å². The molecule has 1 saturated heterocycles. The third-order valence-corrected chi connectivity index (χ3v) is 4.66. The van der Waals surface area contributed by atoms with Crippen LogP contribution in [-0.2, 0) is 11.2 Å². The van der Waals surface area contributed by atoms with Gasteiger partial charge in [-0.15, -0.1) is 11.8 Å². The molecule has 2 rings (SSSR count). The van der Waals surface area contributed by atoms with E-state index in [1.54, 1.807) is 18.9 Å². The molecule has 0 saturated carbocycles. The first-order valence-corrected chi connectivity index (χ1v) is 7.29. The average Bonchev–Trinajstić information content (AvgIpc) is 2.39. The predicted octanol–water partition coefficient (Wildman–Crippen LogP) is 2.13. The van der Waals surface area contributed by atoms with Gasteiger partial charge in [-0.1, -0.05) is 18.2 Å². The first kappa shape index (κ1) is 14.2. The molecule has 19 heavy (non-hydrogen) atoms. The van der Waals surface area contributed by atoms with E-state index in [4.69, 9.17) is 9.84 Å². The van der Waals surface area contributed by atoms with Crippen molar-refractivity contribution in [1.82, 2.24) is 5.32 Å². The van der Waals surface area contributed by atoms with Gasteiger partial charge < -0.3 is 9.84 Å². The van der Waals surface area contributed by atoms with Crippen LogP contribution in [0.3, 0.4) is 0 Å². The summed E-state index contributed by atoms with van der Waals surface area (Å²) in [6, 6.07) is 7.41. The molecule has 1 aliphatic heterocycles. The van der Waals surface area contributed by atoms with Crippen LogP contribution in [0.15, 0.2) is 24.3 Å². The molecule has 1 aliphatic rings. The smallest absolute Gasteiger partial charge is 0.320 e. The molecule has 2 N–H and O–H groups in total. The van der Waals surface area contributed by atoms with Gasteiger partial charge in [-0.3, -0.25) is 10.1 Å². The molecule has 2 unspecified atom stereocenters. The van der Waals surface area contributed by atoms with Gasteiger partial charge in [-0.25, -0.2) is 0 Å². The van der Waals surface area contributed by atoms with Crippen LogP contribution in [0.4, 0.5) is 0 Å². The summed E-state index contributed by atoms with van der Waals surface area (Å²) in [7, 11) is 1.66. The van der Waals surface area contributed by atoms with E-state index in [1.165, 1.54) is 0 Å². The van der Waals surface area contributed by atoms with E-state index < -0.39 is 12.0 Å². The molecule has 0 spiro atoms. The Morgan fingerprint density at radius 2 is 2.32 bits per heavy atom. The van der Waals surface area contributed by atoms with E-state index >= 15 is 0 Å². The summed E-state index contributed by atoms with van der Waals surface area (Å²) in [5, 5.41) is 12.4. The minimum absolute atomic E-state index is 0.268. The fourth-order valence-electron chi connectivity index (χ4n) is 2.38. The number of carboxylic acids is 1. The summed E-state index contributed by atoms with van der Waals surface area (Å²) in [6.07, 6.45) is 1.41. The Bertz CT molecular complexity index is 466. The summed E-state index contributed by atoms with van der Waals surface area (Å²) < 4.78 is 5.35. The lowest BCUT2D eigenvalue weighted by Gasteiger charge is -2.38. The highest BCUT2D eigenvalue weighted by molar-refractivity contribution is 8.00. The number of ether oxygens (including phenoxy) is 1. The van der Waals surface area contributed by atoms with Crippen molar-refractivity contribution >= 4 is 17.7 Å². The van der Waals surface area contributed by atoms with Crippen LogP contribution >= 0.6 is 11.8 Å². The number of para-hydroxylation sites is 1. The molecule has 2 atom stereocenters. The topological polar surface area (TPSA) is 58.6 Å². The van der Waals surface area contributed by atoms with E-state index in [-0.39, 0.29) is 4.87 Å². The Morgan fingerprint density at radius 1 is 1.58 bits per heavy atom. The number of aliphatic carboxylic acids is 1. The lowest BCUT2D eigenvalue weighted by atomic mass is 10.0. The van der Waals surface area contributed by atoms with E-state index in [2.05, 4.69) is 12.2 Å². The van der Waals surface area contributed by atoms with Gasteiger partial charge in [-0.05, 0) is 30.7 Å². The maximum absolute atomic E-state index is 11.1. The Balaban J connectivity index is 2.14. The predicted molar refractivity (Wildman–Crippen MR) is 76.7 cm³/mol. The zero-order valence-electron chi connectivity index (χ0n) is 11.2. The van der Waals surface area contributed by atoms with Gasteiger partial charge in [0.2, 0.25) is 0 Å². The number of hydrogen-bond donors (Lipinski definition) is 2.